The predicted octanol–water partition coefficient (Wildman–Crippen LogP) is 3.37. The van der Waals surface area contributed by atoms with Gasteiger partial charge in [-0.05, 0) is 69.3 Å². The van der Waals surface area contributed by atoms with Gasteiger partial charge in [0, 0.05) is 23.8 Å². The van der Waals surface area contributed by atoms with Crippen molar-refractivity contribution in [2.45, 2.75) is 37.6 Å². The smallest absolute Gasteiger partial charge is 0.406 e. The Bertz CT molecular complexity index is 1090. The summed E-state index contributed by atoms with van der Waals surface area (Å²) in [4.78, 5) is 25.9. The molecule has 0 unspecified atom stereocenters. The summed E-state index contributed by atoms with van der Waals surface area (Å²) in [6.07, 6.45) is -4.82. The van der Waals surface area contributed by atoms with E-state index in [1.54, 1.807) is 20.8 Å². The highest BCUT2D eigenvalue weighted by atomic mass is 32.2. The highest BCUT2D eigenvalue weighted by molar-refractivity contribution is 7.89. The number of ether oxygens (including phenoxy) is 1. The first-order valence-corrected chi connectivity index (χ1v) is 11.1. The third-order valence-electron chi connectivity index (χ3n) is 3.95. The molecule has 0 saturated heterocycles. The van der Waals surface area contributed by atoms with E-state index in [1.807, 2.05) is 0 Å². The number of anilines is 1. The molecule has 8 nitrogen and oxygen atoms in total. The molecule has 0 radical (unpaired) electrons. The van der Waals surface area contributed by atoms with Crippen LogP contribution in [0.15, 0.2) is 53.4 Å². The van der Waals surface area contributed by atoms with Crippen molar-refractivity contribution in [1.29, 1.82) is 0 Å². The highest BCUT2D eigenvalue weighted by Crippen LogP contribution is 2.24. The van der Waals surface area contributed by atoms with Gasteiger partial charge in [-0.3, -0.25) is 9.59 Å². The number of halogens is 3. The number of rotatable bonds is 7. The van der Waals surface area contributed by atoms with Crippen LogP contribution in [0, 0.1) is 0 Å². The molecule has 0 aliphatic carbocycles. The van der Waals surface area contributed by atoms with Gasteiger partial charge in [-0.15, -0.1) is 13.2 Å². The van der Waals surface area contributed by atoms with E-state index in [4.69, 9.17) is 0 Å². The maximum Gasteiger partial charge on any atom is 0.573 e. The average Bonchev–Trinajstić information content (AvgIpc) is 2.66. The molecule has 2 amide bonds. The topological polar surface area (TPSA) is 105 Å². The Hall–Kier alpha value is -3.12. The number of alkyl halides is 3. The molecular weight excluding hydrogens is 463 g/mol. The number of benzene rings is 2. The number of sulfonamides is 1. The van der Waals surface area contributed by atoms with E-state index in [-0.39, 0.29) is 22.7 Å². The quantitative estimate of drug-likeness (QED) is 0.623. The van der Waals surface area contributed by atoms with Crippen molar-refractivity contribution in [3.63, 3.8) is 0 Å². The molecule has 0 fully saturated rings. The summed E-state index contributed by atoms with van der Waals surface area (Å²) in [5.41, 5.74) is -0.281. The van der Waals surface area contributed by atoms with Crippen LogP contribution < -0.4 is 14.8 Å². The fourth-order valence-electron chi connectivity index (χ4n) is 2.69. The van der Waals surface area contributed by atoms with E-state index in [0.717, 1.165) is 17.0 Å². The first kappa shape index (κ1) is 26.1. The van der Waals surface area contributed by atoms with Crippen molar-refractivity contribution in [2.24, 2.45) is 0 Å². The van der Waals surface area contributed by atoms with Crippen molar-refractivity contribution >= 4 is 27.5 Å². The first-order valence-electron chi connectivity index (χ1n) is 9.61. The molecule has 0 aromatic heterocycles. The zero-order valence-corrected chi connectivity index (χ0v) is 19.2. The molecule has 33 heavy (non-hydrogen) atoms. The number of nitrogens with one attached hydrogen (secondary N) is 2. The fourth-order valence-corrected chi connectivity index (χ4v) is 4.11. The largest absolute Gasteiger partial charge is 0.573 e. The van der Waals surface area contributed by atoms with Gasteiger partial charge >= 0.3 is 6.36 Å². The summed E-state index contributed by atoms with van der Waals surface area (Å²) >= 11 is 0. The van der Waals surface area contributed by atoms with Gasteiger partial charge in [-0.1, -0.05) is 0 Å². The molecule has 0 saturated carbocycles. The molecule has 0 aliphatic heterocycles. The summed E-state index contributed by atoms with van der Waals surface area (Å²) in [6.45, 7) is 4.76. The first-order chi connectivity index (χ1) is 15.1. The Morgan fingerprint density at radius 1 is 0.970 bits per heavy atom. The standard InChI is InChI=1S/C21H24F3N3O5S/c1-20(2,3)26-33(30,31)17-11-5-14(6-12-17)19(29)27(4)13-18(28)25-15-7-9-16(10-8-15)32-21(22,23)24/h5-12,26H,13H2,1-4H3,(H,25,28). The van der Waals surface area contributed by atoms with Crippen molar-refractivity contribution in [3.8, 4) is 5.75 Å². The number of amides is 2. The molecule has 0 bridgehead atoms. The molecule has 0 aliphatic rings. The number of carbonyl (C=O) groups excluding carboxylic acids is 2. The zero-order valence-electron chi connectivity index (χ0n) is 18.4. The molecule has 2 rings (SSSR count). The van der Waals surface area contributed by atoms with Gasteiger partial charge in [0.15, 0.2) is 0 Å². The summed E-state index contributed by atoms with van der Waals surface area (Å²) in [7, 11) is -2.37. The van der Waals surface area contributed by atoms with Crippen molar-refractivity contribution in [2.75, 3.05) is 18.9 Å². The van der Waals surface area contributed by atoms with Crippen LogP contribution in [0.4, 0.5) is 18.9 Å². The molecule has 180 valence electrons. The number of carbonyl (C=O) groups is 2. The summed E-state index contributed by atoms with van der Waals surface area (Å²) in [5, 5.41) is 2.46. The Labute approximate surface area is 189 Å². The minimum Gasteiger partial charge on any atom is -0.406 e. The predicted molar refractivity (Wildman–Crippen MR) is 115 cm³/mol. The SMILES string of the molecule is CN(CC(=O)Nc1ccc(OC(F)(F)F)cc1)C(=O)c1ccc(S(=O)(=O)NC(C)(C)C)cc1. The third kappa shape index (κ3) is 8.39. The van der Waals surface area contributed by atoms with E-state index in [9.17, 15) is 31.2 Å². The highest BCUT2D eigenvalue weighted by Gasteiger charge is 2.31. The summed E-state index contributed by atoms with van der Waals surface area (Å²) in [5.74, 6) is -1.54. The second kappa shape index (κ2) is 9.79. The second-order valence-electron chi connectivity index (χ2n) is 8.16. The molecule has 2 N–H and O–H groups in total. The van der Waals surface area contributed by atoms with Gasteiger partial charge in [0.05, 0.1) is 11.4 Å². The lowest BCUT2D eigenvalue weighted by atomic mass is 10.1. The van der Waals surface area contributed by atoms with E-state index in [0.29, 0.717) is 0 Å². The monoisotopic (exact) mass is 487 g/mol. The minimum absolute atomic E-state index is 0.00711. The Morgan fingerprint density at radius 2 is 1.52 bits per heavy atom. The average molecular weight is 488 g/mol. The van der Waals surface area contributed by atoms with Crippen LogP contribution in [-0.2, 0) is 14.8 Å². The van der Waals surface area contributed by atoms with Crippen molar-refractivity contribution < 1.29 is 35.9 Å². The molecular formula is C21H24F3N3O5S. The van der Waals surface area contributed by atoms with Crippen molar-refractivity contribution in [1.82, 2.24) is 9.62 Å². The van der Waals surface area contributed by atoms with Gasteiger partial charge in [0.1, 0.15) is 5.75 Å². The number of likely N-dealkylation sites (N-methyl/N-ethyl adjacent to an activating group) is 1. The third-order valence-corrected chi connectivity index (χ3v) is 5.73. The maximum absolute atomic E-state index is 12.6. The Morgan fingerprint density at radius 3 is 2.00 bits per heavy atom. The van der Waals surface area contributed by atoms with Gasteiger partial charge in [0.2, 0.25) is 15.9 Å². The molecule has 0 atom stereocenters. The fraction of sp³-hybridized carbons (Fsp3) is 0.333. The Kier molecular flexibility index (Phi) is 7.75. The molecule has 2 aromatic rings. The van der Waals surface area contributed by atoms with Crippen LogP contribution in [0.3, 0.4) is 0 Å². The molecule has 2 aromatic carbocycles. The van der Waals surface area contributed by atoms with Crippen LogP contribution in [0.5, 0.6) is 5.75 Å². The molecule has 0 spiro atoms. The van der Waals surface area contributed by atoms with E-state index >= 15 is 0 Å². The zero-order chi connectivity index (χ0) is 25.0. The second-order valence-corrected chi connectivity index (χ2v) is 9.84. The summed E-state index contributed by atoms with van der Waals surface area (Å²) in [6, 6.07) is 9.81. The van der Waals surface area contributed by atoms with Crippen LogP contribution in [0.1, 0.15) is 31.1 Å². The molecule has 0 heterocycles. The van der Waals surface area contributed by atoms with Gasteiger partial charge in [-0.25, -0.2) is 13.1 Å². The lowest BCUT2D eigenvalue weighted by Crippen LogP contribution is -2.40. The van der Waals surface area contributed by atoms with Crippen LogP contribution in [-0.4, -0.2) is 50.6 Å². The minimum atomic E-state index is -4.82. The number of hydrogen-bond donors (Lipinski definition) is 2. The van der Waals surface area contributed by atoms with Gasteiger partial charge in [0.25, 0.3) is 5.91 Å². The molecule has 12 heteroatoms. The lowest BCUT2D eigenvalue weighted by Gasteiger charge is -2.20. The van der Waals surface area contributed by atoms with Crippen LogP contribution in [0.2, 0.25) is 0 Å². The van der Waals surface area contributed by atoms with E-state index in [2.05, 4.69) is 14.8 Å². The Balaban J connectivity index is 1.97. The normalized spacial score (nSPS) is 12.2. The van der Waals surface area contributed by atoms with Crippen molar-refractivity contribution in [3.05, 3.63) is 54.1 Å². The van der Waals surface area contributed by atoms with E-state index < -0.39 is 39.5 Å². The van der Waals surface area contributed by atoms with Crippen LogP contribution >= 0.6 is 0 Å². The van der Waals surface area contributed by atoms with Gasteiger partial charge < -0.3 is 15.0 Å². The van der Waals surface area contributed by atoms with Gasteiger partial charge in [-0.2, -0.15) is 0 Å². The van der Waals surface area contributed by atoms with E-state index in [1.165, 1.54) is 43.4 Å². The number of nitrogens with zero attached hydrogens (tertiary/aromatic N) is 1. The lowest BCUT2D eigenvalue weighted by molar-refractivity contribution is -0.274. The van der Waals surface area contributed by atoms with Crippen LogP contribution in [0.25, 0.3) is 0 Å². The number of hydrogen-bond acceptors (Lipinski definition) is 5. The maximum atomic E-state index is 12.6. The summed E-state index contributed by atoms with van der Waals surface area (Å²) < 4.78 is 67.5.